The molecule has 1 fully saturated rings. The van der Waals surface area contributed by atoms with Crippen LogP contribution in [0.25, 0.3) is 0 Å². The number of halogens is 1. The summed E-state index contributed by atoms with van der Waals surface area (Å²) in [4.78, 5) is 15.3. The van der Waals surface area contributed by atoms with Gasteiger partial charge in [-0.3, -0.25) is 4.79 Å². The zero-order valence-corrected chi connectivity index (χ0v) is 15.1. The molecule has 0 saturated carbocycles. The molecule has 2 aromatic rings. The minimum Gasteiger partial charge on any atom is -0.328 e. The first-order valence-electron chi connectivity index (χ1n) is 8.23. The van der Waals surface area contributed by atoms with Crippen LogP contribution in [-0.2, 0) is 6.42 Å². The maximum atomic E-state index is 13.1. The number of nitrogens with zero attached hydrogens (tertiary/aromatic N) is 1. The molecule has 2 heterocycles. The SMILES string of the molecule is Cc1ccc(C(=O)N2[C@H]3CC[C@@H]2c2cc(Br)ccc2C3)cc1C. The molecule has 1 amide bonds. The molecule has 4 rings (SSSR count). The molecule has 2 aliphatic heterocycles. The van der Waals surface area contributed by atoms with Gasteiger partial charge in [0.1, 0.15) is 0 Å². The maximum Gasteiger partial charge on any atom is 0.254 e. The van der Waals surface area contributed by atoms with Crippen molar-refractivity contribution < 1.29 is 4.79 Å². The average Bonchev–Trinajstić information content (AvgIpc) is 2.86. The van der Waals surface area contributed by atoms with E-state index in [0.29, 0.717) is 6.04 Å². The van der Waals surface area contributed by atoms with Crippen molar-refractivity contribution in [2.45, 2.75) is 45.2 Å². The minimum absolute atomic E-state index is 0.186. The van der Waals surface area contributed by atoms with Crippen LogP contribution in [0.3, 0.4) is 0 Å². The second-order valence-electron chi connectivity index (χ2n) is 6.81. The van der Waals surface area contributed by atoms with E-state index in [0.717, 1.165) is 29.3 Å². The first kappa shape index (κ1) is 14.9. The number of aryl methyl sites for hydroxylation is 2. The average molecular weight is 370 g/mol. The van der Waals surface area contributed by atoms with E-state index in [2.05, 4.69) is 58.9 Å². The van der Waals surface area contributed by atoms with Crippen LogP contribution in [0.5, 0.6) is 0 Å². The summed E-state index contributed by atoms with van der Waals surface area (Å²) in [5, 5.41) is 0. The summed E-state index contributed by atoms with van der Waals surface area (Å²) in [5.41, 5.74) is 5.97. The number of amides is 1. The zero-order valence-electron chi connectivity index (χ0n) is 13.5. The molecule has 0 aliphatic carbocycles. The van der Waals surface area contributed by atoms with E-state index < -0.39 is 0 Å². The van der Waals surface area contributed by atoms with E-state index >= 15 is 0 Å². The molecule has 2 nitrogen and oxygen atoms in total. The largest absolute Gasteiger partial charge is 0.328 e. The Kier molecular flexibility index (Phi) is 3.56. The number of fused-ring (bicyclic) bond motifs is 4. The van der Waals surface area contributed by atoms with Gasteiger partial charge in [-0.2, -0.15) is 0 Å². The summed E-state index contributed by atoms with van der Waals surface area (Å²) in [6.07, 6.45) is 3.16. The summed E-state index contributed by atoms with van der Waals surface area (Å²) in [6, 6.07) is 13.2. The highest BCUT2D eigenvalue weighted by Gasteiger charge is 2.42. The van der Waals surface area contributed by atoms with Crippen molar-refractivity contribution in [3.05, 3.63) is 68.7 Å². The van der Waals surface area contributed by atoms with Crippen molar-refractivity contribution >= 4 is 21.8 Å². The van der Waals surface area contributed by atoms with E-state index in [4.69, 9.17) is 0 Å². The predicted octanol–water partition coefficient (Wildman–Crippen LogP) is 4.97. The first-order chi connectivity index (χ1) is 11.0. The Labute approximate surface area is 145 Å². The molecule has 1 saturated heterocycles. The number of hydrogen-bond donors (Lipinski definition) is 0. The highest BCUT2D eigenvalue weighted by atomic mass is 79.9. The molecule has 2 aliphatic rings. The summed E-state index contributed by atoms with van der Waals surface area (Å²) in [7, 11) is 0. The van der Waals surface area contributed by atoms with Crippen LogP contribution in [0.4, 0.5) is 0 Å². The van der Waals surface area contributed by atoms with E-state index in [1.165, 1.54) is 22.3 Å². The predicted molar refractivity (Wildman–Crippen MR) is 95.7 cm³/mol. The third-order valence-electron chi connectivity index (χ3n) is 5.41. The molecule has 2 atom stereocenters. The van der Waals surface area contributed by atoms with Crippen molar-refractivity contribution in [2.24, 2.45) is 0 Å². The molecule has 118 valence electrons. The van der Waals surface area contributed by atoms with E-state index in [-0.39, 0.29) is 11.9 Å². The highest BCUT2D eigenvalue weighted by molar-refractivity contribution is 9.10. The van der Waals surface area contributed by atoms with Gasteiger partial charge < -0.3 is 4.90 Å². The van der Waals surface area contributed by atoms with Crippen LogP contribution in [0.15, 0.2) is 40.9 Å². The van der Waals surface area contributed by atoms with Gasteiger partial charge in [0.2, 0.25) is 0 Å². The fourth-order valence-corrected chi connectivity index (χ4v) is 4.41. The molecule has 0 spiro atoms. The van der Waals surface area contributed by atoms with Crippen LogP contribution in [0.2, 0.25) is 0 Å². The first-order valence-corrected chi connectivity index (χ1v) is 9.02. The van der Waals surface area contributed by atoms with E-state index in [1.807, 2.05) is 12.1 Å². The van der Waals surface area contributed by atoms with Gasteiger partial charge in [-0.15, -0.1) is 0 Å². The van der Waals surface area contributed by atoms with E-state index in [1.54, 1.807) is 0 Å². The molecule has 0 radical (unpaired) electrons. The zero-order chi connectivity index (χ0) is 16.1. The molecule has 2 bridgehead atoms. The monoisotopic (exact) mass is 369 g/mol. The second-order valence-corrected chi connectivity index (χ2v) is 7.72. The van der Waals surface area contributed by atoms with Crippen LogP contribution in [0, 0.1) is 13.8 Å². The van der Waals surface area contributed by atoms with Crippen LogP contribution >= 0.6 is 15.9 Å². The highest BCUT2D eigenvalue weighted by Crippen LogP contribution is 2.45. The summed E-state index contributed by atoms with van der Waals surface area (Å²) >= 11 is 3.58. The van der Waals surface area contributed by atoms with Gasteiger partial charge in [0, 0.05) is 16.1 Å². The van der Waals surface area contributed by atoms with Crippen LogP contribution < -0.4 is 0 Å². The number of carbonyl (C=O) groups is 1. The Balaban J connectivity index is 1.72. The Morgan fingerprint density at radius 3 is 2.70 bits per heavy atom. The number of hydrogen-bond acceptors (Lipinski definition) is 1. The van der Waals surface area contributed by atoms with Crippen molar-refractivity contribution in [1.29, 1.82) is 0 Å². The maximum absolute atomic E-state index is 13.1. The molecule has 3 heteroatoms. The Morgan fingerprint density at radius 1 is 1.09 bits per heavy atom. The summed E-state index contributed by atoms with van der Waals surface area (Å²) < 4.78 is 1.10. The normalized spacial score (nSPS) is 22.1. The number of benzene rings is 2. The molecule has 23 heavy (non-hydrogen) atoms. The number of rotatable bonds is 1. The van der Waals surface area contributed by atoms with Crippen molar-refractivity contribution in [1.82, 2.24) is 4.90 Å². The smallest absolute Gasteiger partial charge is 0.254 e. The Hall–Kier alpha value is -1.61. The quantitative estimate of drug-likeness (QED) is 0.694. The molecular weight excluding hydrogens is 350 g/mol. The van der Waals surface area contributed by atoms with Crippen molar-refractivity contribution in [2.75, 3.05) is 0 Å². The van der Waals surface area contributed by atoms with Gasteiger partial charge in [0.05, 0.1) is 6.04 Å². The lowest BCUT2D eigenvalue weighted by Gasteiger charge is -2.36. The lowest BCUT2D eigenvalue weighted by Crippen LogP contribution is -2.41. The van der Waals surface area contributed by atoms with Crippen LogP contribution in [0.1, 0.15) is 51.5 Å². The van der Waals surface area contributed by atoms with Gasteiger partial charge in [-0.1, -0.05) is 28.1 Å². The Morgan fingerprint density at radius 2 is 1.91 bits per heavy atom. The minimum atomic E-state index is 0.186. The topological polar surface area (TPSA) is 20.3 Å². The third-order valence-corrected chi connectivity index (χ3v) is 5.91. The molecular formula is C20H20BrNO. The third kappa shape index (κ3) is 2.42. The standard InChI is InChI=1S/C20H20BrNO/c1-12-3-4-15(9-13(12)2)20(23)22-17-7-8-19(22)18-11-16(21)6-5-14(18)10-17/h3-6,9,11,17,19H,7-8,10H2,1-2H3/t17-,19+/m0/s1. The van der Waals surface area contributed by atoms with E-state index in [9.17, 15) is 4.79 Å². The van der Waals surface area contributed by atoms with Gasteiger partial charge in [0.15, 0.2) is 0 Å². The molecule has 0 N–H and O–H groups in total. The summed E-state index contributed by atoms with van der Waals surface area (Å²) in [6.45, 7) is 4.16. The summed E-state index contributed by atoms with van der Waals surface area (Å²) in [5.74, 6) is 0.186. The molecule has 2 aromatic carbocycles. The van der Waals surface area contributed by atoms with Crippen molar-refractivity contribution in [3.8, 4) is 0 Å². The van der Waals surface area contributed by atoms with Gasteiger partial charge in [-0.25, -0.2) is 0 Å². The fourth-order valence-electron chi connectivity index (χ4n) is 4.04. The van der Waals surface area contributed by atoms with Crippen molar-refractivity contribution in [3.63, 3.8) is 0 Å². The van der Waals surface area contributed by atoms with Gasteiger partial charge in [-0.05, 0) is 79.6 Å². The van der Waals surface area contributed by atoms with Gasteiger partial charge in [0.25, 0.3) is 5.91 Å². The molecule has 0 aromatic heterocycles. The number of carbonyl (C=O) groups excluding carboxylic acids is 1. The van der Waals surface area contributed by atoms with Gasteiger partial charge >= 0.3 is 0 Å². The lowest BCUT2D eigenvalue weighted by atomic mass is 9.92. The fraction of sp³-hybridized carbons (Fsp3) is 0.350. The molecule has 0 unspecified atom stereocenters. The van der Waals surface area contributed by atoms with Crippen LogP contribution in [-0.4, -0.2) is 16.8 Å². The Bertz CT molecular complexity index is 798. The second kappa shape index (κ2) is 5.48. The lowest BCUT2D eigenvalue weighted by molar-refractivity contribution is 0.0646.